The van der Waals surface area contributed by atoms with E-state index in [0.29, 0.717) is 5.69 Å². The molecule has 2 heterocycles. The van der Waals surface area contributed by atoms with Gasteiger partial charge in [-0.2, -0.15) is 0 Å². The van der Waals surface area contributed by atoms with Gasteiger partial charge in [-0.15, -0.1) is 0 Å². The molecule has 0 unspecified atom stereocenters. The third kappa shape index (κ3) is 2.80. The number of aromatic nitrogens is 3. The number of rotatable bonds is 3. The lowest BCUT2D eigenvalue weighted by molar-refractivity contribution is 0.101. The summed E-state index contributed by atoms with van der Waals surface area (Å²) in [5, 5.41) is 2.95. The van der Waals surface area contributed by atoms with Crippen molar-refractivity contribution in [3.05, 3.63) is 72.1 Å². The zero-order valence-electron chi connectivity index (χ0n) is 14.1. The number of carbonyl (C=O) groups is 1. The summed E-state index contributed by atoms with van der Waals surface area (Å²) in [4.78, 5) is 20.4. The highest BCUT2D eigenvalue weighted by Crippen LogP contribution is 2.23. The summed E-state index contributed by atoms with van der Waals surface area (Å²) < 4.78 is 1.87. The summed E-state index contributed by atoms with van der Waals surface area (Å²) in [6.45, 7) is 1.97. The first kappa shape index (κ1) is 15.2. The molecule has 0 fully saturated rings. The van der Waals surface area contributed by atoms with E-state index in [1.165, 1.54) is 0 Å². The van der Waals surface area contributed by atoms with Gasteiger partial charge in [-0.3, -0.25) is 4.79 Å². The number of anilines is 1. The fraction of sp³-hybridized carbons (Fsp3) is 0.100. The van der Waals surface area contributed by atoms with Crippen molar-refractivity contribution in [1.29, 1.82) is 0 Å². The number of H-pyrrole nitrogens is 1. The second kappa shape index (κ2) is 5.94. The average molecular weight is 330 g/mol. The molecule has 4 rings (SSSR count). The summed E-state index contributed by atoms with van der Waals surface area (Å²) in [5.41, 5.74) is 5.25. The number of imidazole rings is 1. The van der Waals surface area contributed by atoms with Crippen LogP contribution >= 0.6 is 0 Å². The minimum absolute atomic E-state index is 0.127. The Morgan fingerprint density at radius 2 is 1.92 bits per heavy atom. The third-order valence-corrected chi connectivity index (χ3v) is 4.39. The van der Waals surface area contributed by atoms with Gasteiger partial charge in [0.15, 0.2) is 0 Å². The molecule has 1 amide bonds. The molecule has 0 bridgehead atoms. The number of aromatic amines is 1. The molecular weight excluding hydrogens is 312 g/mol. The minimum atomic E-state index is -0.127. The van der Waals surface area contributed by atoms with Gasteiger partial charge in [-0.1, -0.05) is 24.3 Å². The first-order valence-corrected chi connectivity index (χ1v) is 8.11. The lowest BCUT2D eigenvalue weighted by Crippen LogP contribution is -2.16. The van der Waals surface area contributed by atoms with Crippen LogP contribution in [0.15, 0.2) is 60.7 Å². The first-order chi connectivity index (χ1) is 12.1. The largest absolute Gasteiger partial charge is 0.344 e. The molecule has 0 aliphatic rings. The highest BCUT2D eigenvalue weighted by molar-refractivity contribution is 6.03. The van der Waals surface area contributed by atoms with Crippen molar-refractivity contribution < 1.29 is 4.79 Å². The van der Waals surface area contributed by atoms with Crippen LogP contribution < -0.4 is 5.32 Å². The van der Waals surface area contributed by atoms with Crippen LogP contribution in [0.4, 0.5) is 5.69 Å². The molecule has 0 saturated carbocycles. The summed E-state index contributed by atoms with van der Waals surface area (Å²) in [7, 11) is 1.88. The molecule has 4 aromatic rings. The maximum atomic E-state index is 12.5. The molecule has 2 aromatic heterocycles. The van der Waals surface area contributed by atoms with Crippen LogP contribution in [0.1, 0.15) is 16.2 Å². The molecule has 0 aliphatic heterocycles. The van der Waals surface area contributed by atoms with E-state index in [1.807, 2.05) is 79.2 Å². The lowest BCUT2D eigenvalue weighted by Gasteiger charge is -2.08. The van der Waals surface area contributed by atoms with Gasteiger partial charge in [0.2, 0.25) is 0 Å². The van der Waals surface area contributed by atoms with Crippen molar-refractivity contribution in [3.63, 3.8) is 0 Å². The number of benzene rings is 2. The Hall–Kier alpha value is -3.34. The van der Waals surface area contributed by atoms with E-state index >= 15 is 0 Å². The molecule has 0 radical (unpaired) electrons. The number of nitrogens with zero attached hydrogens (tertiary/aromatic N) is 2. The predicted octanol–water partition coefficient (Wildman–Crippen LogP) is 4.13. The molecule has 0 saturated heterocycles. The summed E-state index contributed by atoms with van der Waals surface area (Å²) in [6, 6.07) is 19.3. The summed E-state index contributed by atoms with van der Waals surface area (Å²) in [6.07, 6.45) is 0. The van der Waals surface area contributed by atoms with Crippen LogP contribution in [0.25, 0.3) is 22.4 Å². The molecule has 124 valence electrons. The number of carbonyl (C=O) groups excluding carboxylic acids is 1. The third-order valence-electron chi connectivity index (χ3n) is 4.39. The predicted molar refractivity (Wildman–Crippen MR) is 99.6 cm³/mol. The van der Waals surface area contributed by atoms with Gasteiger partial charge in [0.1, 0.15) is 11.5 Å². The highest BCUT2D eigenvalue weighted by atomic mass is 16.1. The van der Waals surface area contributed by atoms with E-state index in [2.05, 4.69) is 15.3 Å². The monoisotopic (exact) mass is 330 g/mol. The minimum Gasteiger partial charge on any atom is -0.344 e. The Morgan fingerprint density at radius 3 is 2.68 bits per heavy atom. The maximum absolute atomic E-state index is 12.5. The van der Waals surface area contributed by atoms with Crippen molar-refractivity contribution in [3.8, 4) is 11.4 Å². The average Bonchev–Trinajstić information content (AvgIpc) is 3.19. The van der Waals surface area contributed by atoms with Gasteiger partial charge in [0, 0.05) is 24.0 Å². The molecule has 5 nitrogen and oxygen atoms in total. The molecule has 0 aliphatic carbocycles. The van der Waals surface area contributed by atoms with Crippen LogP contribution in [0, 0.1) is 6.92 Å². The van der Waals surface area contributed by atoms with Crippen LogP contribution in [0.2, 0.25) is 0 Å². The summed E-state index contributed by atoms with van der Waals surface area (Å²) in [5.74, 6) is 0.657. The molecule has 25 heavy (non-hydrogen) atoms. The van der Waals surface area contributed by atoms with E-state index in [1.54, 1.807) is 0 Å². The normalized spacial score (nSPS) is 11.0. The van der Waals surface area contributed by atoms with E-state index in [0.717, 1.165) is 33.8 Å². The topological polar surface area (TPSA) is 62.7 Å². The Morgan fingerprint density at radius 1 is 1.08 bits per heavy atom. The first-order valence-electron chi connectivity index (χ1n) is 8.11. The molecule has 2 aromatic carbocycles. The van der Waals surface area contributed by atoms with Crippen molar-refractivity contribution in [2.24, 2.45) is 7.05 Å². The fourth-order valence-electron chi connectivity index (χ4n) is 2.87. The van der Waals surface area contributed by atoms with Crippen molar-refractivity contribution in [2.45, 2.75) is 6.92 Å². The maximum Gasteiger partial charge on any atom is 0.272 e. The van der Waals surface area contributed by atoms with Crippen LogP contribution in [0.5, 0.6) is 0 Å². The number of aryl methyl sites for hydroxylation is 1. The van der Waals surface area contributed by atoms with Crippen LogP contribution in [0.3, 0.4) is 0 Å². The van der Waals surface area contributed by atoms with E-state index in [-0.39, 0.29) is 5.91 Å². The quantitative estimate of drug-likeness (QED) is 0.593. The number of hydrogen-bond donors (Lipinski definition) is 2. The smallest absolute Gasteiger partial charge is 0.272 e. The molecule has 5 heteroatoms. The number of hydrogen-bond acceptors (Lipinski definition) is 2. The molecule has 0 atom stereocenters. The van der Waals surface area contributed by atoms with Crippen LogP contribution in [-0.2, 0) is 7.05 Å². The zero-order chi connectivity index (χ0) is 17.4. The Balaban J connectivity index is 1.63. The van der Waals surface area contributed by atoms with E-state index in [4.69, 9.17) is 0 Å². The van der Waals surface area contributed by atoms with Gasteiger partial charge in [-0.05, 0) is 43.3 Å². The van der Waals surface area contributed by atoms with Crippen molar-refractivity contribution in [2.75, 3.05) is 5.32 Å². The van der Waals surface area contributed by atoms with E-state index in [9.17, 15) is 4.79 Å². The van der Waals surface area contributed by atoms with Crippen molar-refractivity contribution in [1.82, 2.24) is 14.5 Å². The fourth-order valence-corrected chi connectivity index (χ4v) is 2.87. The SMILES string of the molecule is Cc1ccc(C(=O)Nc2cccc(-c3nc4ccccc4[nH]3)c2)n1C. The van der Waals surface area contributed by atoms with E-state index < -0.39 is 0 Å². The molecular formula is C20H18N4O. The van der Waals surface area contributed by atoms with Crippen molar-refractivity contribution >= 4 is 22.6 Å². The Labute approximate surface area is 145 Å². The molecule has 2 N–H and O–H groups in total. The number of fused-ring (bicyclic) bond motifs is 1. The highest BCUT2D eigenvalue weighted by Gasteiger charge is 2.12. The number of nitrogens with one attached hydrogen (secondary N) is 2. The number of para-hydroxylation sites is 2. The van der Waals surface area contributed by atoms with Gasteiger partial charge < -0.3 is 14.9 Å². The summed E-state index contributed by atoms with van der Waals surface area (Å²) >= 11 is 0. The van der Waals surface area contributed by atoms with Gasteiger partial charge in [-0.25, -0.2) is 4.98 Å². The second-order valence-electron chi connectivity index (χ2n) is 6.06. The number of amides is 1. The Kier molecular flexibility index (Phi) is 3.61. The Bertz CT molecular complexity index is 1040. The second-order valence-corrected chi connectivity index (χ2v) is 6.06. The lowest BCUT2D eigenvalue weighted by atomic mass is 10.2. The zero-order valence-corrected chi connectivity index (χ0v) is 14.1. The van der Waals surface area contributed by atoms with Gasteiger partial charge in [0.25, 0.3) is 5.91 Å². The molecule has 0 spiro atoms. The van der Waals surface area contributed by atoms with Gasteiger partial charge in [0.05, 0.1) is 11.0 Å². The van der Waals surface area contributed by atoms with Crippen LogP contribution in [-0.4, -0.2) is 20.4 Å². The van der Waals surface area contributed by atoms with Gasteiger partial charge >= 0.3 is 0 Å². The standard InChI is InChI=1S/C20H18N4O/c1-13-10-11-18(24(13)2)20(25)21-15-7-5-6-14(12-15)19-22-16-8-3-4-9-17(16)23-19/h3-12H,1-2H3,(H,21,25)(H,22,23).